The van der Waals surface area contributed by atoms with Gasteiger partial charge in [-0.1, -0.05) is 54.2 Å². The molecule has 0 aliphatic carbocycles. The average molecular weight is 454 g/mol. The van der Waals surface area contributed by atoms with Crippen molar-refractivity contribution < 1.29 is 9.18 Å². The number of aromatic nitrogens is 2. The van der Waals surface area contributed by atoms with Crippen molar-refractivity contribution in [2.24, 2.45) is 0 Å². The summed E-state index contributed by atoms with van der Waals surface area (Å²) in [6.07, 6.45) is 1.72. The molecule has 0 aliphatic rings. The molecule has 4 aromatic rings. The smallest absolute Gasteiger partial charge is 0.276 e. The molecule has 8 heteroatoms. The van der Waals surface area contributed by atoms with Gasteiger partial charge in [-0.3, -0.25) is 14.2 Å². The van der Waals surface area contributed by atoms with Crippen LogP contribution < -0.4 is 10.9 Å². The fourth-order valence-electron chi connectivity index (χ4n) is 3.18. The number of amides is 1. The normalized spacial score (nSPS) is 11.0. The maximum absolute atomic E-state index is 14.4. The number of benzene rings is 2. The molecule has 2 aromatic carbocycles. The monoisotopic (exact) mass is 453 g/mol. The highest BCUT2D eigenvalue weighted by Crippen LogP contribution is 2.24. The number of thioether (sulfide) groups is 1. The second-order valence-electron chi connectivity index (χ2n) is 6.85. The van der Waals surface area contributed by atoms with Gasteiger partial charge < -0.3 is 5.32 Å². The first kappa shape index (κ1) is 21.3. The zero-order chi connectivity index (χ0) is 21.6. The Morgan fingerprint density at radius 2 is 1.87 bits per heavy atom. The molecule has 0 bridgehead atoms. The third kappa shape index (κ3) is 5.03. The first-order valence-electron chi connectivity index (χ1n) is 9.82. The highest BCUT2D eigenvalue weighted by atomic mass is 32.2. The summed E-state index contributed by atoms with van der Waals surface area (Å²) >= 11 is 2.39. The second-order valence-corrected chi connectivity index (χ2v) is 8.71. The van der Waals surface area contributed by atoms with E-state index in [9.17, 15) is 14.0 Å². The van der Waals surface area contributed by atoms with Crippen molar-refractivity contribution in [3.8, 4) is 5.69 Å². The molecule has 0 spiro atoms. The lowest BCUT2D eigenvalue weighted by molar-refractivity contribution is -0.118. The molecule has 158 valence electrons. The summed E-state index contributed by atoms with van der Waals surface area (Å²) < 4.78 is 16.1. The van der Waals surface area contributed by atoms with Gasteiger partial charge in [0.25, 0.3) is 5.56 Å². The molecule has 0 radical (unpaired) electrons. The summed E-state index contributed by atoms with van der Waals surface area (Å²) in [6.45, 7) is 0.561. The molecule has 1 amide bonds. The zero-order valence-corrected chi connectivity index (χ0v) is 18.2. The van der Waals surface area contributed by atoms with Crippen LogP contribution in [0.2, 0.25) is 0 Å². The number of hydrogen-bond acceptors (Lipinski definition) is 5. The van der Waals surface area contributed by atoms with Gasteiger partial charge in [0.05, 0.1) is 17.0 Å². The Labute approximate surface area is 187 Å². The van der Waals surface area contributed by atoms with Gasteiger partial charge in [0.15, 0.2) is 5.16 Å². The maximum Gasteiger partial charge on any atom is 0.276 e. The van der Waals surface area contributed by atoms with Gasteiger partial charge in [0, 0.05) is 6.54 Å². The molecular weight excluding hydrogens is 433 g/mol. The molecular formula is C23H20FN3O2S2. The van der Waals surface area contributed by atoms with Gasteiger partial charge in [0.1, 0.15) is 10.5 Å². The summed E-state index contributed by atoms with van der Waals surface area (Å²) in [4.78, 5) is 29.8. The standard InChI is InChI=1S/C23H20FN3O2S2/c24-17-10-4-5-11-19(17)27-22(29)21-18(12-14-30-21)26-23(27)31-15-20(28)25-13-6-9-16-7-2-1-3-8-16/h1-5,7-8,10-12,14H,6,9,13,15H2,(H,25,28). The summed E-state index contributed by atoms with van der Waals surface area (Å²) in [5.41, 5.74) is 1.57. The first-order chi connectivity index (χ1) is 15.1. The molecule has 0 aliphatic heterocycles. The fraction of sp³-hybridized carbons (Fsp3) is 0.174. The lowest BCUT2D eigenvalue weighted by Crippen LogP contribution is -2.27. The van der Waals surface area contributed by atoms with E-state index in [0.29, 0.717) is 21.9 Å². The number of para-hydroxylation sites is 1. The zero-order valence-electron chi connectivity index (χ0n) is 16.6. The Kier molecular flexibility index (Phi) is 6.79. The molecule has 4 rings (SSSR count). The van der Waals surface area contributed by atoms with Crippen molar-refractivity contribution in [2.45, 2.75) is 18.0 Å². The number of carbonyl (C=O) groups is 1. The summed E-state index contributed by atoms with van der Waals surface area (Å²) in [6, 6.07) is 17.9. The van der Waals surface area contributed by atoms with Crippen LogP contribution in [0.15, 0.2) is 76.0 Å². The average Bonchev–Trinajstić information content (AvgIpc) is 3.26. The van der Waals surface area contributed by atoms with Crippen molar-refractivity contribution in [1.29, 1.82) is 0 Å². The number of fused-ring (bicyclic) bond motifs is 1. The van der Waals surface area contributed by atoms with E-state index in [1.165, 1.54) is 33.6 Å². The maximum atomic E-state index is 14.4. The van der Waals surface area contributed by atoms with Crippen molar-refractivity contribution in [1.82, 2.24) is 14.9 Å². The number of hydrogen-bond donors (Lipinski definition) is 1. The predicted molar refractivity (Wildman–Crippen MR) is 124 cm³/mol. The van der Waals surface area contributed by atoms with Crippen molar-refractivity contribution in [2.75, 3.05) is 12.3 Å². The Bertz CT molecular complexity index is 1250. The number of rotatable bonds is 8. The van der Waals surface area contributed by atoms with Gasteiger partial charge in [-0.05, 0) is 42.0 Å². The van der Waals surface area contributed by atoms with Crippen LogP contribution in [-0.4, -0.2) is 27.8 Å². The van der Waals surface area contributed by atoms with E-state index in [1.54, 1.807) is 23.6 Å². The molecule has 0 saturated carbocycles. The van der Waals surface area contributed by atoms with Crippen LogP contribution in [0.25, 0.3) is 15.9 Å². The van der Waals surface area contributed by atoms with E-state index in [4.69, 9.17) is 0 Å². The Balaban J connectivity index is 1.45. The number of aryl methyl sites for hydroxylation is 1. The van der Waals surface area contributed by atoms with Gasteiger partial charge in [-0.25, -0.2) is 9.37 Å². The summed E-state index contributed by atoms with van der Waals surface area (Å²) in [7, 11) is 0. The SMILES string of the molecule is O=C(CSc1nc2ccsc2c(=O)n1-c1ccccc1F)NCCCc1ccccc1. The topological polar surface area (TPSA) is 64.0 Å². The Morgan fingerprint density at radius 3 is 2.68 bits per heavy atom. The number of thiophene rings is 1. The molecule has 0 fully saturated rings. The van der Waals surface area contributed by atoms with Crippen LogP contribution in [0, 0.1) is 5.82 Å². The van der Waals surface area contributed by atoms with E-state index in [1.807, 2.05) is 18.2 Å². The van der Waals surface area contributed by atoms with E-state index < -0.39 is 5.82 Å². The minimum atomic E-state index is -0.519. The highest BCUT2D eigenvalue weighted by Gasteiger charge is 2.17. The Morgan fingerprint density at radius 1 is 1.10 bits per heavy atom. The number of nitrogens with one attached hydrogen (secondary N) is 1. The quantitative estimate of drug-likeness (QED) is 0.244. The van der Waals surface area contributed by atoms with Crippen molar-refractivity contribution in [3.63, 3.8) is 0 Å². The second kappa shape index (κ2) is 9.89. The molecule has 0 atom stereocenters. The molecule has 0 unspecified atom stereocenters. The van der Waals surface area contributed by atoms with Gasteiger partial charge >= 0.3 is 0 Å². The molecule has 2 heterocycles. The van der Waals surface area contributed by atoms with E-state index in [0.717, 1.165) is 24.6 Å². The molecule has 1 N–H and O–H groups in total. The molecule has 2 aromatic heterocycles. The van der Waals surface area contributed by atoms with Crippen LogP contribution >= 0.6 is 23.1 Å². The lowest BCUT2D eigenvalue weighted by atomic mass is 10.1. The van der Waals surface area contributed by atoms with Crippen LogP contribution in [0.3, 0.4) is 0 Å². The number of nitrogens with zero attached hydrogens (tertiary/aromatic N) is 2. The third-order valence-corrected chi connectivity index (χ3v) is 6.51. The third-order valence-electron chi connectivity index (χ3n) is 4.68. The predicted octanol–water partition coefficient (Wildman–Crippen LogP) is 4.43. The number of carbonyl (C=O) groups excluding carboxylic acids is 1. The van der Waals surface area contributed by atoms with Gasteiger partial charge in [0.2, 0.25) is 5.91 Å². The minimum absolute atomic E-state index is 0.0852. The lowest BCUT2D eigenvalue weighted by Gasteiger charge is -2.12. The van der Waals surface area contributed by atoms with Crippen LogP contribution in [0.4, 0.5) is 4.39 Å². The fourth-order valence-corrected chi connectivity index (χ4v) is 4.78. The van der Waals surface area contributed by atoms with E-state index >= 15 is 0 Å². The van der Waals surface area contributed by atoms with E-state index in [-0.39, 0.29) is 22.9 Å². The largest absolute Gasteiger partial charge is 0.355 e. The number of halogens is 1. The van der Waals surface area contributed by atoms with Crippen molar-refractivity contribution >= 4 is 39.2 Å². The summed E-state index contributed by atoms with van der Waals surface area (Å²) in [5.74, 6) is -0.589. The van der Waals surface area contributed by atoms with Gasteiger partial charge in [-0.15, -0.1) is 11.3 Å². The van der Waals surface area contributed by atoms with Crippen molar-refractivity contribution in [3.05, 3.63) is 87.8 Å². The molecule has 0 saturated heterocycles. The highest BCUT2D eigenvalue weighted by molar-refractivity contribution is 7.99. The molecule has 5 nitrogen and oxygen atoms in total. The van der Waals surface area contributed by atoms with Crippen LogP contribution in [-0.2, 0) is 11.2 Å². The van der Waals surface area contributed by atoms with E-state index in [2.05, 4.69) is 22.4 Å². The minimum Gasteiger partial charge on any atom is -0.355 e. The molecule has 31 heavy (non-hydrogen) atoms. The summed E-state index contributed by atoms with van der Waals surface area (Å²) in [5, 5.41) is 4.96. The van der Waals surface area contributed by atoms with Crippen LogP contribution in [0.1, 0.15) is 12.0 Å². The van der Waals surface area contributed by atoms with Crippen LogP contribution in [0.5, 0.6) is 0 Å². The Hall–Kier alpha value is -2.97. The first-order valence-corrected chi connectivity index (χ1v) is 11.7. The van der Waals surface area contributed by atoms with Gasteiger partial charge in [-0.2, -0.15) is 0 Å².